The summed E-state index contributed by atoms with van der Waals surface area (Å²) in [5.74, 6) is -0.0292. The van der Waals surface area contributed by atoms with Gasteiger partial charge in [-0.2, -0.15) is 4.31 Å². The average molecular weight is 457 g/mol. The first kappa shape index (κ1) is 22.8. The van der Waals surface area contributed by atoms with Crippen LogP contribution in [-0.4, -0.2) is 63.9 Å². The molecule has 2 aliphatic rings. The van der Waals surface area contributed by atoms with Crippen LogP contribution in [0.15, 0.2) is 59.5 Å². The van der Waals surface area contributed by atoms with E-state index in [1.165, 1.54) is 4.31 Å². The molecule has 1 amide bonds. The van der Waals surface area contributed by atoms with Gasteiger partial charge in [-0.25, -0.2) is 8.42 Å². The van der Waals surface area contributed by atoms with Gasteiger partial charge in [-0.1, -0.05) is 30.3 Å². The SMILES string of the molecule is O=C(CCc1ccccc1)NC1CCCN(S(=O)(=O)c2ccc(N3CCNCC3)cc2)C1. The molecular formula is C24H32N4O3S. The Kier molecular flexibility index (Phi) is 7.44. The van der Waals surface area contributed by atoms with Crippen molar-refractivity contribution in [2.45, 2.75) is 36.6 Å². The molecular weight excluding hydrogens is 424 g/mol. The second-order valence-electron chi connectivity index (χ2n) is 8.49. The zero-order valence-electron chi connectivity index (χ0n) is 18.4. The van der Waals surface area contributed by atoms with Gasteiger partial charge in [0, 0.05) is 57.4 Å². The molecule has 1 unspecified atom stereocenters. The van der Waals surface area contributed by atoms with E-state index >= 15 is 0 Å². The van der Waals surface area contributed by atoms with Crippen molar-refractivity contribution in [1.29, 1.82) is 0 Å². The summed E-state index contributed by atoms with van der Waals surface area (Å²) < 4.78 is 27.9. The molecule has 2 aliphatic heterocycles. The molecule has 172 valence electrons. The minimum atomic E-state index is -3.58. The van der Waals surface area contributed by atoms with E-state index in [4.69, 9.17) is 0 Å². The normalized spacial score (nSPS) is 20.1. The molecule has 0 spiro atoms. The maximum atomic E-state index is 13.2. The third-order valence-electron chi connectivity index (χ3n) is 6.19. The average Bonchev–Trinajstić information content (AvgIpc) is 2.84. The predicted octanol–water partition coefficient (Wildman–Crippen LogP) is 2.00. The first-order valence-electron chi connectivity index (χ1n) is 11.4. The molecule has 2 fully saturated rings. The Morgan fingerprint density at radius 2 is 1.72 bits per heavy atom. The Labute approximate surface area is 190 Å². The number of amides is 1. The largest absolute Gasteiger partial charge is 0.369 e. The lowest BCUT2D eigenvalue weighted by molar-refractivity contribution is -0.122. The lowest BCUT2D eigenvalue weighted by atomic mass is 10.1. The fourth-order valence-corrected chi connectivity index (χ4v) is 5.91. The number of nitrogens with one attached hydrogen (secondary N) is 2. The Morgan fingerprint density at radius 3 is 2.44 bits per heavy atom. The van der Waals surface area contributed by atoms with Crippen molar-refractivity contribution < 1.29 is 13.2 Å². The topological polar surface area (TPSA) is 81.8 Å². The maximum Gasteiger partial charge on any atom is 0.243 e. The van der Waals surface area contributed by atoms with Crippen LogP contribution in [0.5, 0.6) is 0 Å². The van der Waals surface area contributed by atoms with Crippen LogP contribution in [-0.2, 0) is 21.2 Å². The minimum Gasteiger partial charge on any atom is -0.369 e. The van der Waals surface area contributed by atoms with Gasteiger partial charge in [0.15, 0.2) is 0 Å². The molecule has 2 heterocycles. The van der Waals surface area contributed by atoms with Gasteiger partial charge in [0.2, 0.25) is 15.9 Å². The monoisotopic (exact) mass is 456 g/mol. The van der Waals surface area contributed by atoms with Crippen LogP contribution in [0.25, 0.3) is 0 Å². The highest BCUT2D eigenvalue weighted by atomic mass is 32.2. The summed E-state index contributed by atoms with van der Waals surface area (Å²) in [6.45, 7) is 4.52. The van der Waals surface area contributed by atoms with E-state index in [1.54, 1.807) is 12.1 Å². The number of benzene rings is 2. The Balaban J connectivity index is 1.33. The lowest BCUT2D eigenvalue weighted by Crippen LogP contribution is -2.49. The molecule has 2 aromatic rings. The summed E-state index contributed by atoms with van der Waals surface area (Å²) in [7, 11) is -3.58. The van der Waals surface area contributed by atoms with Crippen molar-refractivity contribution in [2.75, 3.05) is 44.2 Å². The first-order valence-corrected chi connectivity index (χ1v) is 12.9. The highest BCUT2D eigenvalue weighted by Crippen LogP contribution is 2.24. The van der Waals surface area contributed by atoms with Crippen molar-refractivity contribution in [3.8, 4) is 0 Å². The van der Waals surface area contributed by atoms with E-state index < -0.39 is 10.0 Å². The van der Waals surface area contributed by atoms with Crippen LogP contribution in [0.1, 0.15) is 24.8 Å². The van der Waals surface area contributed by atoms with Crippen molar-refractivity contribution >= 4 is 21.6 Å². The van der Waals surface area contributed by atoms with Gasteiger partial charge in [0.1, 0.15) is 0 Å². The third-order valence-corrected chi connectivity index (χ3v) is 8.07. The molecule has 0 bridgehead atoms. The molecule has 2 saturated heterocycles. The smallest absolute Gasteiger partial charge is 0.243 e. The fraction of sp³-hybridized carbons (Fsp3) is 0.458. The van der Waals surface area contributed by atoms with Crippen LogP contribution in [0.4, 0.5) is 5.69 Å². The highest BCUT2D eigenvalue weighted by molar-refractivity contribution is 7.89. The standard InChI is InChI=1S/C24H32N4O3S/c29-24(13-8-20-5-2-1-3-6-20)26-21-7-4-16-28(19-21)32(30,31)23-11-9-22(10-12-23)27-17-14-25-15-18-27/h1-3,5-6,9-12,21,25H,4,7-8,13-19H2,(H,26,29). The minimum absolute atomic E-state index is 0.0292. The summed E-state index contributed by atoms with van der Waals surface area (Å²) in [5.41, 5.74) is 2.17. The van der Waals surface area contributed by atoms with Gasteiger partial charge in [0.25, 0.3) is 0 Å². The van der Waals surface area contributed by atoms with Gasteiger partial charge in [0.05, 0.1) is 4.90 Å². The number of carbonyl (C=O) groups excluding carboxylic acids is 1. The summed E-state index contributed by atoms with van der Waals surface area (Å²) in [4.78, 5) is 15.0. The molecule has 0 aromatic heterocycles. The number of piperazine rings is 1. The number of sulfonamides is 1. The number of hydrogen-bond acceptors (Lipinski definition) is 5. The molecule has 1 atom stereocenters. The molecule has 8 heteroatoms. The number of hydrogen-bond donors (Lipinski definition) is 2. The number of anilines is 1. The molecule has 7 nitrogen and oxygen atoms in total. The van der Waals surface area contributed by atoms with Gasteiger partial charge >= 0.3 is 0 Å². The van der Waals surface area contributed by atoms with E-state index in [0.717, 1.165) is 50.3 Å². The van der Waals surface area contributed by atoms with E-state index in [-0.39, 0.29) is 11.9 Å². The summed E-state index contributed by atoms with van der Waals surface area (Å²) in [6.07, 6.45) is 2.62. The Hall–Kier alpha value is -2.42. The van der Waals surface area contributed by atoms with Gasteiger partial charge in [-0.05, 0) is 49.1 Å². The van der Waals surface area contributed by atoms with Crippen molar-refractivity contribution in [3.63, 3.8) is 0 Å². The van der Waals surface area contributed by atoms with E-state index in [1.807, 2.05) is 42.5 Å². The molecule has 0 radical (unpaired) electrons. The summed E-state index contributed by atoms with van der Waals surface area (Å²) in [6, 6.07) is 17.0. The maximum absolute atomic E-state index is 13.2. The van der Waals surface area contributed by atoms with Crippen molar-refractivity contribution in [2.24, 2.45) is 0 Å². The number of carbonyl (C=O) groups is 1. The summed E-state index contributed by atoms with van der Waals surface area (Å²) >= 11 is 0. The van der Waals surface area contributed by atoms with E-state index in [9.17, 15) is 13.2 Å². The second-order valence-corrected chi connectivity index (χ2v) is 10.4. The molecule has 32 heavy (non-hydrogen) atoms. The summed E-state index contributed by atoms with van der Waals surface area (Å²) in [5, 5.41) is 6.36. The molecule has 4 rings (SSSR count). The van der Waals surface area contributed by atoms with Crippen LogP contribution in [0.3, 0.4) is 0 Å². The van der Waals surface area contributed by atoms with Crippen molar-refractivity contribution in [1.82, 2.24) is 14.9 Å². The van der Waals surface area contributed by atoms with E-state index in [0.29, 0.717) is 30.8 Å². The number of aryl methyl sites for hydroxylation is 1. The van der Waals surface area contributed by atoms with Crippen molar-refractivity contribution in [3.05, 3.63) is 60.2 Å². The Morgan fingerprint density at radius 1 is 1.00 bits per heavy atom. The van der Waals surface area contributed by atoms with E-state index in [2.05, 4.69) is 15.5 Å². The first-order chi connectivity index (χ1) is 15.5. The van der Waals surface area contributed by atoms with Crippen LogP contribution in [0.2, 0.25) is 0 Å². The lowest BCUT2D eigenvalue weighted by Gasteiger charge is -2.33. The quantitative estimate of drug-likeness (QED) is 0.666. The zero-order chi connectivity index (χ0) is 22.4. The van der Waals surface area contributed by atoms with Gasteiger partial charge in [-0.3, -0.25) is 4.79 Å². The highest BCUT2D eigenvalue weighted by Gasteiger charge is 2.31. The number of nitrogens with zero attached hydrogens (tertiary/aromatic N) is 2. The molecule has 2 aromatic carbocycles. The molecule has 0 aliphatic carbocycles. The predicted molar refractivity (Wildman–Crippen MR) is 126 cm³/mol. The van der Waals surface area contributed by atoms with Crippen LogP contribution >= 0.6 is 0 Å². The fourth-order valence-electron chi connectivity index (χ4n) is 4.38. The molecule has 2 N–H and O–H groups in total. The van der Waals surface area contributed by atoms with Crippen LogP contribution < -0.4 is 15.5 Å². The Bertz CT molecular complexity index is 990. The number of piperidine rings is 1. The molecule has 0 saturated carbocycles. The zero-order valence-corrected chi connectivity index (χ0v) is 19.2. The number of rotatable bonds is 7. The van der Waals surface area contributed by atoms with Gasteiger partial charge < -0.3 is 15.5 Å². The van der Waals surface area contributed by atoms with Crippen LogP contribution in [0, 0.1) is 0 Å². The third kappa shape index (κ3) is 5.68. The second kappa shape index (κ2) is 10.5. The van der Waals surface area contributed by atoms with Gasteiger partial charge in [-0.15, -0.1) is 0 Å².